The minimum Gasteiger partial charge on any atom is -0.506 e. The smallest absolute Gasteiger partial charge is 0.274 e. The van der Waals surface area contributed by atoms with Crippen LogP contribution in [-0.2, 0) is 15.6 Å². The second kappa shape index (κ2) is 8.03. The first-order valence-corrected chi connectivity index (χ1v) is 11.7. The molecule has 1 aromatic carbocycles. The molecule has 1 saturated carbocycles. The number of rotatable bonds is 7. The molecule has 0 unspecified atom stereocenters. The Hall–Kier alpha value is -2.39. The average Bonchev–Trinajstić information content (AvgIpc) is 3.40. The lowest BCUT2D eigenvalue weighted by Gasteiger charge is -2.22. The molecule has 8 nitrogen and oxygen atoms in total. The molecule has 1 amide bonds. The van der Waals surface area contributed by atoms with Gasteiger partial charge < -0.3 is 10.4 Å². The summed E-state index contributed by atoms with van der Waals surface area (Å²) in [4.78, 5) is 13.1. The van der Waals surface area contributed by atoms with E-state index in [0.29, 0.717) is 24.7 Å². The van der Waals surface area contributed by atoms with Gasteiger partial charge in [-0.1, -0.05) is 13.8 Å². The van der Waals surface area contributed by atoms with Crippen molar-refractivity contribution in [2.45, 2.75) is 63.8 Å². The van der Waals surface area contributed by atoms with Crippen molar-refractivity contribution in [3.8, 4) is 5.75 Å². The van der Waals surface area contributed by atoms with E-state index in [0.717, 1.165) is 18.5 Å². The maximum Gasteiger partial charge on any atom is 0.274 e. The fourth-order valence-electron chi connectivity index (χ4n) is 3.33. The van der Waals surface area contributed by atoms with Crippen LogP contribution in [0.2, 0.25) is 0 Å². The van der Waals surface area contributed by atoms with E-state index in [1.54, 1.807) is 24.6 Å². The number of carbonyl (C=O) groups excluding carboxylic acids is 1. The second-order valence-corrected chi connectivity index (χ2v) is 10.5. The zero-order valence-electron chi connectivity index (χ0n) is 18.1. The van der Waals surface area contributed by atoms with Gasteiger partial charge in [0.25, 0.3) is 5.91 Å². The number of carbonyl (C=O) groups is 1. The minimum absolute atomic E-state index is 0.0160. The summed E-state index contributed by atoms with van der Waals surface area (Å²) in [5.74, 6) is -0.265. The normalized spacial score (nSPS) is 14.9. The van der Waals surface area contributed by atoms with Crippen molar-refractivity contribution in [2.24, 2.45) is 0 Å². The van der Waals surface area contributed by atoms with Gasteiger partial charge in [-0.3, -0.25) is 9.48 Å². The van der Waals surface area contributed by atoms with Crippen LogP contribution in [0.3, 0.4) is 0 Å². The van der Waals surface area contributed by atoms with Crippen LogP contribution in [0.4, 0.5) is 5.69 Å². The van der Waals surface area contributed by atoms with E-state index in [-0.39, 0.29) is 16.3 Å². The first-order valence-electron chi connectivity index (χ1n) is 10.2. The average molecular weight is 435 g/mol. The lowest BCUT2D eigenvalue weighted by molar-refractivity contribution is 0.100. The third-order valence-corrected chi connectivity index (χ3v) is 7.20. The highest BCUT2D eigenvalue weighted by Crippen LogP contribution is 2.40. The molecule has 0 radical (unpaired) electrons. The highest BCUT2D eigenvalue weighted by atomic mass is 32.2. The molecule has 30 heavy (non-hydrogen) atoms. The lowest BCUT2D eigenvalue weighted by Crippen LogP contribution is -2.31. The number of nitrogens with one attached hydrogen (secondary N) is 1. The number of hydrogen-bond acceptors (Lipinski definition) is 5. The number of amides is 1. The molecule has 1 aromatic heterocycles. The summed E-state index contributed by atoms with van der Waals surface area (Å²) in [6, 6.07) is 5.69. The third kappa shape index (κ3) is 4.37. The first-order chi connectivity index (χ1) is 14.0. The fraction of sp³-hybridized carbons (Fsp3) is 0.524. The molecular weight excluding hydrogens is 404 g/mol. The molecular formula is C21H30N4O4S. The number of benzene rings is 1. The standard InChI is InChI=1S/C21H30N4O4S/c1-6-24(7-2)30(28,29)15-10-11-19(26)17(12-15)22-20(27)18-13-16(14-8-9-14)23-25(18)21(3,4)5/h10-14,26H,6-9H2,1-5H3,(H,22,27). The zero-order chi connectivity index (χ0) is 22.3. The number of aromatic hydroxyl groups is 1. The monoisotopic (exact) mass is 434 g/mol. The van der Waals surface area contributed by atoms with Crippen molar-refractivity contribution in [2.75, 3.05) is 18.4 Å². The number of hydrogen-bond donors (Lipinski definition) is 2. The van der Waals surface area contributed by atoms with Crippen molar-refractivity contribution in [1.82, 2.24) is 14.1 Å². The van der Waals surface area contributed by atoms with Crippen LogP contribution in [0, 0.1) is 0 Å². The fourth-order valence-corrected chi connectivity index (χ4v) is 4.81. The molecule has 1 heterocycles. The Kier molecular flexibility index (Phi) is 5.97. The topological polar surface area (TPSA) is 105 Å². The summed E-state index contributed by atoms with van der Waals surface area (Å²) in [5, 5.41) is 17.5. The first kappa shape index (κ1) is 22.3. The summed E-state index contributed by atoms with van der Waals surface area (Å²) in [6.07, 6.45) is 2.13. The Morgan fingerprint density at radius 2 is 1.87 bits per heavy atom. The summed E-state index contributed by atoms with van der Waals surface area (Å²) in [6.45, 7) is 10.1. The van der Waals surface area contributed by atoms with Crippen LogP contribution in [-0.4, -0.2) is 46.6 Å². The number of anilines is 1. The molecule has 1 fully saturated rings. The van der Waals surface area contributed by atoms with Gasteiger partial charge >= 0.3 is 0 Å². The molecule has 1 aliphatic carbocycles. The summed E-state index contributed by atoms with van der Waals surface area (Å²) < 4.78 is 28.6. The molecule has 9 heteroatoms. The molecule has 2 aromatic rings. The van der Waals surface area contributed by atoms with Gasteiger partial charge in [-0.15, -0.1) is 0 Å². The van der Waals surface area contributed by atoms with Crippen molar-refractivity contribution >= 4 is 21.6 Å². The predicted molar refractivity (Wildman–Crippen MR) is 115 cm³/mol. The Morgan fingerprint density at radius 1 is 1.23 bits per heavy atom. The largest absolute Gasteiger partial charge is 0.506 e. The van der Waals surface area contributed by atoms with Crippen LogP contribution in [0.15, 0.2) is 29.2 Å². The lowest BCUT2D eigenvalue weighted by atomic mass is 10.1. The van der Waals surface area contributed by atoms with Gasteiger partial charge in [0, 0.05) is 19.0 Å². The van der Waals surface area contributed by atoms with Crippen LogP contribution in [0.1, 0.15) is 69.6 Å². The highest BCUT2D eigenvalue weighted by Gasteiger charge is 2.31. The molecule has 164 valence electrons. The van der Waals surface area contributed by atoms with Crippen molar-refractivity contribution in [3.05, 3.63) is 35.7 Å². The second-order valence-electron chi connectivity index (χ2n) is 8.53. The zero-order valence-corrected chi connectivity index (χ0v) is 19.0. The summed E-state index contributed by atoms with van der Waals surface area (Å²) in [5.41, 5.74) is 0.899. The van der Waals surface area contributed by atoms with Crippen molar-refractivity contribution in [1.29, 1.82) is 0 Å². The number of phenols is 1. The molecule has 0 bridgehead atoms. The van der Waals surface area contributed by atoms with Gasteiger partial charge in [-0.2, -0.15) is 9.40 Å². The number of nitrogens with zero attached hydrogens (tertiary/aromatic N) is 3. The van der Waals surface area contributed by atoms with Crippen LogP contribution in [0.25, 0.3) is 0 Å². The molecule has 3 rings (SSSR count). The maximum absolute atomic E-state index is 13.1. The quantitative estimate of drug-likeness (QED) is 0.649. The Bertz CT molecular complexity index is 1050. The van der Waals surface area contributed by atoms with Gasteiger partial charge in [-0.25, -0.2) is 8.42 Å². The molecule has 0 aliphatic heterocycles. The Balaban J connectivity index is 1.95. The highest BCUT2D eigenvalue weighted by molar-refractivity contribution is 7.89. The van der Waals surface area contributed by atoms with E-state index < -0.39 is 21.5 Å². The summed E-state index contributed by atoms with van der Waals surface area (Å²) >= 11 is 0. The SMILES string of the molecule is CCN(CC)S(=O)(=O)c1ccc(O)c(NC(=O)c2cc(C3CC3)nn2C(C)(C)C)c1. The third-order valence-electron chi connectivity index (χ3n) is 5.15. The Labute approximate surface area is 177 Å². The van der Waals surface area contributed by atoms with E-state index >= 15 is 0 Å². The van der Waals surface area contributed by atoms with Crippen molar-refractivity contribution < 1.29 is 18.3 Å². The predicted octanol–water partition coefficient (Wildman–Crippen LogP) is 3.50. The minimum atomic E-state index is -3.72. The van der Waals surface area contributed by atoms with Gasteiger partial charge in [0.2, 0.25) is 10.0 Å². The van der Waals surface area contributed by atoms with Crippen molar-refractivity contribution in [3.63, 3.8) is 0 Å². The molecule has 2 N–H and O–H groups in total. The van der Waals surface area contributed by atoms with Gasteiger partial charge in [0.1, 0.15) is 11.4 Å². The molecule has 1 aliphatic rings. The number of sulfonamides is 1. The van der Waals surface area contributed by atoms with E-state index in [9.17, 15) is 18.3 Å². The Morgan fingerprint density at radius 3 is 2.40 bits per heavy atom. The van der Waals surface area contributed by atoms with E-state index in [1.165, 1.54) is 22.5 Å². The maximum atomic E-state index is 13.1. The van der Waals surface area contributed by atoms with Gasteiger partial charge in [0.05, 0.1) is 21.8 Å². The van der Waals surface area contributed by atoms with Gasteiger partial charge in [-0.05, 0) is 57.9 Å². The molecule has 0 atom stereocenters. The van der Waals surface area contributed by atoms with Crippen LogP contribution >= 0.6 is 0 Å². The molecule has 0 saturated heterocycles. The van der Waals surface area contributed by atoms with Gasteiger partial charge in [0.15, 0.2) is 0 Å². The number of aromatic nitrogens is 2. The number of phenolic OH excluding ortho intramolecular Hbond substituents is 1. The van der Waals surface area contributed by atoms with E-state index in [2.05, 4.69) is 10.4 Å². The van der Waals surface area contributed by atoms with Crippen LogP contribution in [0.5, 0.6) is 5.75 Å². The van der Waals surface area contributed by atoms with E-state index in [4.69, 9.17) is 0 Å². The van der Waals surface area contributed by atoms with E-state index in [1.807, 2.05) is 20.8 Å². The van der Waals surface area contributed by atoms with Crippen LogP contribution < -0.4 is 5.32 Å². The summed E-state index contributed by atoms with van der Waals surface area (Å²) in [7, 11) is -3.72. The molecule has 0 spiro atoms.